The van der Waals surface area contributed by atoms with Crippen molar-refractivity contribution in [2.75, 3.05) is 20.1 Å². The van der Waals surface area contributed by atoms with Gasteiger partial charge in [-0.3, -0.25) is 4.99 Å². The monoisotopic (exact) mass is 476 g/mol. The largest absolute Gasteiger partial charge is 0.489 e. The van der Waals surface area contributed by atoms with Crippen LogP contribution >= 0.6 is 24.0 Å². The number of aryl methyl sites for hydroxylation is 2. The molecule has 0 radical (unpaired) electrons. The molecule has 0 aliphatic rings. The van der Waals surface area contributed by atoms with Crippen molar-refractivity contribution < 1.29 is 13.7 Å². The summed E-state index contributed by atoms with van der Waals surface area (Å²) in [4.78, 5) is 4.19. The normalized spacial score (nSPS) is 12.3. The van der Waals surface area contributed by atoms with E-state index in [0.717, 1.165) is 30.0 Å². The summed E-state index contributed by atoms with van der Waals surface area (Å²) in [6, 6.07) is 5.99. The highest BCUT2D eigenvalue weighted by molar-refractivity contribution is 14.0. The van der Waals surface area contributed by atoms with Crippen molar-refractivity contribution >= 4 is 29.9 Å². The Morgan fingerprint density at radius 3 is 2.54 bits per heavy atom. The number of nitrogens with zero attached hydrogens (tertiary/aromatic N) is 2. The Morgan fingerprint density at radius 2 is 1.96 bits per heavy atom. The predicted octanol–water partition coefficient (Wildman–Crippen LogP) is 3.22. The van der Waals surface area contributed by atoms with Gasteiger partial charge in [0.25, 0.3) is 0 Å². The zero-order valence-corrected chi connectivity index (χ0v) is 17.8. The first kappa shape index (κ1) is 22.2. The minimum atomic E-state index is -0.277. The fourth-order valence-corrected chi connectivity index (χ4v) is 2.41. The summed E-state index contributed by atoms with van der Waals surface area (Å²) in [7, 11) is 1.72. The van der Waals surface area contributed by atoms with Crippen LogP contribution in [-0.2, 0) is 6.42 Å². The van der Waals surface area contributed by atoms with Crippen molar-refractivity contribution in [1.82, 2.24) is 15.8 Å². The molecular formula is C18H26FIN4O2. The second-order valence-electron chi connectivity index (χ2n) is 5.82. The standard InChI is InChI=1S/C18H25FN4O2.HI/c1-12(24-16-7-5-15(19)6-8-16)11-22-18(20-4)21-10-9-17-13(2)23-25-14(17)3;/h5-8,12H,9-11H2,1-4H3,(H2,20,21,22);1H. The van der Waals surface area contributed by atoms with Crippen molar-refractivity contribution in [3.05, 3.63) is 47.1 Å². The molecule has 2 N–H and O–H groups in total. The molecule has 26 heavy (non-hydrogen) atoms. The maximum Gasteiger partial charge on any atom is 0.191 e. The van der Waals surface area contributed by atoms with Gasteiger partial charge in [0.05, 0.1) is 12.2 Å². The van der Waals surface area contributed by atoms with Crippen LogP contribution in [0.4, 0.5) is 4.39 Å². The molecule has 1 atom stereocenters. The molecule has 8 heteroatoms. The van der Waals surface area contributed by atoms with Crippen LogP contribution in [0.3, 0.4) is 0 Å². The number of rotatable bonds is 7. The SMILES string of the molecule is CN=C(NCCc1c(C)noc1C)NCC(C)Oc1ccc(F)cc1.I. The lowest BCUT2D eigenvalue weighted by molar-refractivity contribution is 0.223. The van der Waals surface area contributed by atoms with Crippen molar-refractivity contribution in [2.45, 2.75) is 33.3 Å². The van der Waals surface area contributed by atoms with E-state index < -0.39 is 0 Å². The lowest BCUT2D eigenvalue weighted by atomic mass is 10.1. The van der Waals surface area contributed by atoms with Gasteiger partial charge in [-0.2, -0.15) is 0 Å². The minimum absolute atomic E-state index is 0. The van der Waals surface area contributed by atoms with Gasteiger partial charge in [0.15, 0.2) is 5.96 Å². The summed E-state index contributed by atoms with van der Waals surface area (Å²) < 4.78 is 23.8. The van der Waals surface area contributed by atoms with Gasteiger partial charge in [-0.25, -0.2) is 4.39 Å². The lowest BCUT2D eigenvalue weighted by Crippen LogP contribution is -2.42. The first-order valence-electron chi connectivity index (χ1n) is 8.28. The molecule has 0 bridgehead atoms. The number of nitrogens with one attached hydrogen (secondary N) is 2. The predicted molar refractivity (Wildman–Crippen MR) is 111 cm³/mol. The van der Waals surface area contributed by atoms with Crippen molar-refractivity contribution in [3.63, 3.8) is 0 Å². The van der Waals surface area contributed by atoms with Crippen LogP contribution in [0.1, 0.15) is 23.9 Å². The van der Waals surface area contributed by atoms with Crippen LogP contribution in [0.5, 0.6) is 5.75 Å². The van der Waals surface area contributed by atoms with E-state index in [9.17, 15) is 4.39 Å². The van der Waals surface area contributed by atoms with Crippen molar-refractivity contribution in [2.24, 2.45) is 4.99 Å². The number of benzene rings is 1. The Hall–Kier alpha value is -1.84. The van der Waals surface area contributed by atoms with Gasteiger partial charge in [-0.1, -0.05) is 5.16 Å². The van der Waals surface area contributed by atoms with Crippen LogP contribution in [0.25, 0.3) is 0 Å². The summed E-state index contributed by atoms with van der Waals surface area (Å²) >= 11 is 0. The fraction of sp³-hybridized carbons (Fsp3) is 0.444. The van der Waals surface area contributed by atoms with E-state index in [1.165, 1.54) is 12.1 Å². The molecule has 0 fully saturated rings. The minimum Gasteiger partial charge on any atom is -0.489 e. The molecule has 6 nitrogen and oxygen atoms in total. The second-order valence-corrected chi connectivity index (χ2v) is 5.82. The third kappa shape index (κ3) is 6.81. The zero-order chi connectivity index (χ0) is 18.2. The smallest absolute Gasteiger partial charge is 0.191 e. The molecule has 1 aromatic carbocycles. The summed E-state index contributed by atoms with van der Waals surface area (Å²) in [5.74, 6) is 1.91. The Bertz CT molecular complexity index is 684. The van der Waals surface area contributed by atoms with Crippen LogP contribution in [0.2, 0.25) is 0 Å². The maximum absolute atomic E-state index is 12.9. The number of aliphatic imine (C=N–C) groups is 1. The van der Waals surface area contributed by atoms with E-state index in [2.05, 4.69) is 20.8 Å². The Balaban J connectivity index is 0.00000338. The third-order valence-corrected chi connectivity index (χ3v) is 3.78. The average molecular weight is 476 g/mol. The van der Waals surface area contributed by atoms with Crippen LogP contribution < -0.4 is 15.4 Å². The molecule has 0 aliphatic heterocycles. The van der Waals surface area contributed by atoms with Gasteiger partial charge in [-0.15, -0.1) is 24.0 Å². The highest BCUT2D eigenvalue weighted by Gasteiger charge is 2.09. The fourth-order valence-electron chi connectivity index (χ4n) is 2.41. The summed E-state index contributed by atoms with van der Waals surface area (Å²) in [5, 5.41) is 10.4. The molecule has 0 aliphatic carbocycles. The second kappa shape index (κ2) is 11.0. The molecule has 0 amide bonds. The molecule has 0 saturated carbocycles. The number of hydrogen-bond donors (Lipinski definition) is 2. The summed E-state index contributed by atoms with van der Waals surface area (Å²) in [6.07, 6.45) is 0.718. The summed E-state index contributed by atoms with van der Waals surface area (Å²) in [6.45, 7) is 7.08. The topological polar surface area (TPSA) is 71.7 Å². The number of ether oxygens (including phenoxy) is 1. The van der Waals surface area contributed by atoms with Gasteiger partial charge in [0.2, 0.25) is 0 Å². The first-order valence-corrected chi connectivity index (χ1v) is 8.28. The lowest BCUT2D eigenvalue weighted by Gasteiger charge is -2.17. The maximum atomic E-state index is 12.9. The van der Waals surface area contributed by atoms with E-state index in [1.807, 2.05) is 20.8 Å². The first-order chi connectivity index (χ1) is 12.0. The molecule has 1 aromatic heterocycles. The molecule has 2 aromatic rings. The number of guanidine groups is 1. The molecule has 144 valence electrons. The quantitative estimate of drug-likeness (QED) is 0.365. The van der Waals surface area contributed by atoms with E-state index >= 15 is 0 Å². The van der Waals surface area contributed by atoms with E-state index in [0.29, 0.717) is 18.3 Å². The molecule has 0 saturated heterocycles. The van der Waals surface area contributed by atoms with E-state index in [4.69, 9.17) is 9.26 Å². The molecule has 1 unspecified atom stereocenters. The van der Waals surface area contributed by atoms with E-state index in [-0.39, 0.29) is 35.9 Å². The highest BCUT2D eigenvalue weighted by atomic mass is 127. The Morgan fingerprint density at radius 1 is 1.27 bits per heavy atom. The molecular weight excluding hydrogens is 450 g/mol. The zero-order valence-electron chi connectivity index (χ0n) is 15.5. The third-order valence-electron chi connectivity index (χ3n) is 3.78. The molecule has 1 heterocycles. The van der Waals surface area contributed by atoms with Crippen molar-refractivity contribution in [3.8, 4) is 5.75 Å². The highest BCUT2D eigenvalue weighted by Crippen LogP contribution is 2.13. The van der Waals surface area contributed by atoms with Gasteiger partial charge in [0.1, 0.15) is 23.4 Å². The Kier molecular flexibility index (Phi) is 9.39. The van der Waals surface area contributed by atoms with Gasteiger partial charge >= 0.3 is 0 Å². The molecule has 2 rings (SSSR count). The van der Waals surface area contributed by atoms with E-state index in [1.54, 1.807) is 19.2 Å². The number of halogens is 2. The average Bonchev–Trinajstić information content (AvgIpc) is 2.91. The van der Waals surface area contributed by atoms with Crippen LogP contribution in [-0.4, -0.2) is 37.4 Å². The van der Waals surface area contributed by atoms with Gasteiger partial charge in [-0.05, 0) is 51.5 Å². The van der Waals surface area contributed by atoms with Crippen molar-refractivity contribution in [1.29, 1.82) is 0 Å². The molecule has 0 spiro atoms. The van der Waals surface area contributed by atoms with Gasteiger partial charge in [0, 0.05) is 19.2 Å². The van der Waals surface area contributed by atoms with Gasteiger partial charge < -0.3 is 19.9 Å². The number of hydrogen-bond acceptors (Lipinski definition) is 4. The van der Waals surface area contributed by atoms with Crippen LogP contribution in [0, 0.1) is 19.7 Å². The van der Waals surface area contributed by atoms with Crippen LogP contribution in [0.15, 0.2) is 33.8 Å². The number of aromatic nitrogens is 1. The Labute approximate surface area is 170 Å². The summed E-state index contributed by atoms with van der Waals surface area (Å²) in [5.41, 5.74) is 2.04.